The van der Waals surface area contributed by atoms with Crippen molar-refractivity contribution < 1.29 is 4.84 Å². The van der Waals surface area contributed by atoms with Gasteiger partial charge in [-0.3, -0.25) is 0 Å². The van der Waals surface area contributed by atoms with Crippen LogP contribution in [0.2, 0.25) is 10.0 Å². The van der Waals surface area contributed by atoms with Gasteiger partial charge in [-0.25, -0.2) is 0 Å². The van der Waals surface area contributed by atoms with Crippen LogP contribution in [-0.2, 0) is 11.4 Å². The van der Waals surface area contributed by atoms with Crippen molar-refractivity contribution in [3.8, 4) is 0 Å². The largest absolute Gasteiger partial charge is 0.391 e. The van der Waals surface area contributed by atoms with Crippen molar-refractivity contribution in [2.75, 3.05) is 0 Å². The zero-order chi connectivity index (χ0) is 8.97. The van der Waals surface area contributed by atoms with Crippen LogP contribution in [0.4, 0.5) is 0 Å². The first-order chi connectivity index (χ1) is 5.74. The SMILES string of the molecule is C=NOCc1ccc(Cl)cc1Cl. The first-order valence-electron chi connectivity index (χ1n) is 3.26. The zero-order valence-electron chi connectivity index (χ0n) is 6.26. The predicted octanol–water partition coefficient (Wildman–Crippen LogP) is 3.13. The van der Waals surface area contributed by atoms with E-state index < -0.39 is 0 Å². The van der Waals surface area contributed by atoms with E-state index in [0.29, 0.717) is 16.7 Å². The summed E-state index contributed by atoms with van der Waals surface area (Å²) in [5.41, 5.74) is 0.841. The third kappa shape index (κ3) is 2.40. The fourth-order valence-corrected chi connectivity index (χ4v) is 1.22. The highest BCUT2D eigenvalue weighted by molar-refractivity contribution is 6.35. The number of benzene rings is 1. The minimum absolute atomic E-state index is 0.319. The van der Waals surface area contributed by atoms with Crippen LogP contribution in [0.15, 0.2) is 23.4 Å². The molecule has 0 saturated heterocycles. The normalized spacial score (nSPS) is 9.50. The van der Waals surface area contributed by atoms with Crippen molar-refractivity contribution >= 4 is 29.9 Å². The molecule has 0 spiro atoms. The Hall–Kier alpha value is -0.730. The van der Waals surface area contributed by atoms with E-state index in [9.17, 15) is 0 Å². The van der Waals surface area contributed by atoms with Crippen molar-refractivity contribution in [1.29, 1.82) is 0 Å². The standard InChI is InChI=1S/C8H7Cl2NO/c1-11-12-5-6-2-3-7(9)4-8(6)10/h2-4H,1,5H2. The maximum absolute atomic E-state index is 5.84. The third-order valence-electron chi connectivity index (χ3n) is 1.33. The molecule has 64 valence electrons. The van der Waals surface area contributed by atoms with Crippen LogP contribution < -0.4 is 0 Å². The molecular formula is C8H7Cl2NO. The maximum atomic E-state index is 5.84. The molecule has 12 heavy (non-hydrogen) atoms. The molecule has 4 heteroatoms. The maximum Gasteiger partial charge on any atom is 0.143 e. The Morgan fingerprint density at radius 1 is 1.42 bits per heavy atom. The van der Waals surface area contributed by atoms with E-state index in [1.807, 2.05) is 0 Å². The van der Waals surface area contributed by atoms with E-state index in [0.717, 1.165) is 5.56 Å². The molecule has 0 aliphatic carbocycles. The van der Waals surface area contributed by atoms with Gasteiger partial charge in [0.1, 0.15) is 6.61 Å². The van der Waals surface area contributed by atoms with Gasteiger partial charge in [-0.1, -0.05) is 29.3 Å². The fraction of sp³-hybridized carbons (Fsp3) is 0.125. The van der Waals surface area contributed by atoms with Crippen LogP contribution in [0.3, 0.4) is 0 Å². The number of oxime groups is 1. The molecule has 0 atom stereocenters. The number of hydrogen-bond donors (Lipinski definition) is 0. The van der Waals surface area contributed by atoms with Gasteiger partial charge in [-0.2, -0.15) is 0 Å². The molecule has 0 unspecified atom stereocenters. The molecule has 0 saturated carbocycles. The molecule has 1 aromatic rings. The van der Waals surface area contributed by atoms with Crippen molar-refractivity contribution in [2.24, 2.45) is 5.16 Å². The third-order valence-corrected chi connectivity index (χ3v) is 1.91. The van der Waals surface area contributed by atoms with Crippen LogP contribution in [0.25, 0.3) is 0 Å². The predicted molar refractivity (Wildman–Crippen MR) is 50.8 cm³/mol. The Balaban J connectivity index is 2.78. The summed E-state index contributed by atoms with van der Waals surface area (Å²) in [5, 5.41) is 4.43. The van der Waals surface area contributed by atoms with Crippen LogP contribution in [0, 0.1) is 0 Å². The van der Waals surface area contributed by atoms with Gasteiger partial charge in [-0.05, 0) is 12.1 Å². The molecule has 0 N–H and O–H groups in total. The summed E-state index contributed by atoms with van der Waals surface area (Å²) in [4.78, 5) is 4.73. The summed E-state index contributed by atoms with van der Waals surface area (Å²) in [6.45, 7) is 3.50. The average molecular weight is 204 g/mol. The second-order valence-electron chi connectivity index (χ2n) is 2.14. The Bertz CT molecular complexity index is 288. The molecule has 0 radical (unpaired) electrons. The second-order valence-corrected chi connectivity index (χ2v) is 2.98. The van der Waals surface area contributed by atoms with E-state index in [2.05, 4.69) is 11.9 Å². The number of halogens is 2. The summed E-state index contributed by atoms with van der Waals surface area (Å²) in [5.74, 6) is 0. The van der Waals surface area contributed by atoms with E-state index in [4.69, 9.17) is 28.0 Å². The van der Waals surface area contributed by atoms with Crippen LogP contribution >= 0.6 is 23.2 Å². The molecule has 0 heterocycles. The smallest absolute Gasteiger partial charge is 0.143 e. The highest BCUT2D eigenvalue weighted by atomic mass is 35.5. The Morgan fingerprint density at radius 2 is 2.17 bits per heavy atom. The lowest BCUT2D eigenvalue weighted by Crippen LogP contribution is -1.87. The minimum Gasteiger partial charge on any atom is -0.391 e. The molecule has 0 amide bonds. The quantitative estimate of drug-likeness (QED) is 0.547. The van der Waals surface area contributed by atoms with Gasteiger partial charge in [0.05, 0.1) is 0 Å². The van der Waals surface area contributed by atoms with Crippen molar-refractivity contribution in [3.05, 3.63) is 33.8 Å². The second kappa shape index (κ2) is 4.33. The van der Waals surface area contributed by atoms with Gasteiger partial charge in [0, 0.05) is 22.3 Å². The molecular weight excluding hydrogens is 197 g/mol. The van der Waals surface area contributed by atoms with Crippen LogP contribution in [0.5, 0.6) is 0 Å². The monoisotopic (exact) mass is 203 g/mol. The molecule has 0 fully saturated rings. The Labute approximate surface area is 80.7 Å². The minimum atomic E-state index is 0.319. The first-order valence-corrected chi connectivity index (χ1v) is 4.01. The first kappa shape index (κ1) is 9.36. The highest BCUT2D eigenvalue weighted by Crippen LogP contribution is 2.21. The van der Waals surface area contributed by atoms with Gasteiger partial charge in [0.15, 0.2) is 0 Å². The molecule has 0 aliphatic rings. The summed E-state index contributed by atoms with van der Waals surface area (Å²) >= 11 is 11.5. The van der Waals surface area contributed by atoms with Crippen molar-refractivity contribution in [3.63, 3.8) is 0 Å². The van der Waals surface area contributed by atoms with Gasteiger partial charge in [0.25, 0.3) is 0 Å². The van der Waals surface area contributed by atoms with E-state index >= 15 is 0 Å². The molecule has 0 aliphatic heterocycles. The zero-order valence-corrected chi connectivity index (χ0v) is 7.77. The molecule has 2 nitrogen and oxygen atoms in total. The van der Waals surface area contributed by atoms with E-state index in [1.165, 1.54) is 0 Å². The van der Waals surface area contributed by atoms with E-state index in [1.54, 1.807) is 18.2 Å². The average Bonchev–Trinajstić information content (AvgIpc) is 2.03. The summed E-state index contributed by atoms with van der Waals surface area (Å²) < 4.78 is 0. The van der Waals surface area contributed by atoms with E-state index in [-0.39, 0.29) is 0 Å². The molecule has 0 bridgehead atoms. The summed E-state index contributed by atoms with van der Waals surface area (Å²) in [7, 11) is 0. The van der Waals surface area contributed by atoms with Crippen LogP contribution in [0.1, 0.15) is 5.56 Å². The fourth-order valence-electron chi connectivity index (χ4n) is 0.754. The summed E-state index contributed by atoms with van der Waals surface area (Å²) in [6, 6.07) is 5.19. The van der Waals surface area contributed by atoms with Crippen molar-refractivity contribution in [2.45, 2.75) is 6.61 Å². The lowest BCUT2D eigenvalue weighted by molar-refractivity contribution is 0.133. The molecule has 0 aromatic heterocycles. The van der Waals surface area contributed by atoms with Crippen molar-refractivity contribution in [1.82, 2.24) is 0 Å². The molecule has 1 aromatic carbocycles. The highest BCUT2D eigenvalue weighted by Gasteiger charge is 2.00. The summed E-state index contributed by atoms with van der Waals surface area (Å²) in [6.07, 6.45) is 0. The number of hydrogen-bond acceptors (Lipinski definition) is 2. The lowest BCUT2D eigenvalue weighted by Gasteiger charge is -2.01. The van der Waals surface area contributed by atoms with Gasteiger partial charge >= 0.3 is 0 Å². The van der Waals surface area contributed by atoms with Gasteiger partial charge < -0.3 is 4.84 Å². The topological polar surface area (TPSA) is 21.6 Å². The van der Waals surface area contributed by atoms with Gasteiger partial charge in [0.2, 0.25) is 0 Å². The van der Waals surface area contributed by atoms with Gasteiger partial charge in [-0.15, -0.1) is 5.16 Å². The Morgan fingerprint density at radius 3 is 2.75 bits per heavy atom. The van der Waals surface area contributed by atoms with Crippen LogP contribution in [-0.4, -0.2) is 6.72 Å². The number of rotatable bonds is 3. The lowest BCUT2D eigenvalue weighted by atomic mass is 10.2. The Kier molecular flexibility index (Phi) is 3.38. The molecule has 1 rings (SSSR count). The number of nitrogens with zero attached hydrogens (tertiary/aromatic N) is 1.